The van der Waals surface area contributed by atoms with Gasteiger partial charge in [0.25, 0.3) is 11.8 Å². The Morgan fingerprint density at radius 3 is 2.89 bits per heavy atom. The number of amides is 2. The number of hydrogen-bond acceptors (Lipinski definition) is 5. The van der Waals surface area contributed by atoms with Crippen molar-refractivity contribution < 1.29 is 19.1 Å². The van der Waals surface area contributed by atoms with Crippen LogP contribution in [0.5, 0.6) is 11.5 Å². The first kappa shape index (κ1) is 17.5. The lowest BCUT2D eigenvalue weighted by atomic mass is 10.0. The Hall–Kier alpha value is -2.93. The molecule has 2 heterocycles. The molecular weight excluding hydrogens is 370 g/mol. The van der Waals surface area contributed by atoms with Gasteiger partial charge in [0, 0.05) is 17.8 Å². The summed E-state index contributed by atoms with van der Waals surface area (Å²) >= 11 is 6.08. The van der Waals surface area contributed by atoms with E-state index in [9.17, 15) is 9.59 Å². The number of aryl methyl sites for hydroxylation is 1. The van der Waals surface area contributed by atoms with Crippen LogP contribution in [0.3, 0.4) is 0 Å². The van der Waals surface area contributed by atoms with Crippen LogP contribution in [0.15, 0.2) is 36.4 Å². The third kappa shape index (κ3) is 3.64. The van der Waals surface area contributed by atoms with Gasteiger partial charge in [-0.3, -0.25) is 20.4 Å². The number of para-hydroxylation sites is 1. The number of carbonyl (C=O) groups is 2. The SMILES string of the molecule is O=C(CN1CCCc2ccccc21)NNC(=O)c1cc(Cl)c2c(c1)OCO2. The second kappa shape index (κ2) is 7.36. The molecule has 140 valence electrons. The minimum Gasteiger partial charge on any atom is -0.454 e. The Bertz CT molecular complexity index is 903. The monoisotopic (exact) mass is 387 g/mol. The first-order valence-corrected chi connectivity index (χ1v) is 9.01. The lowest BCUT2D eigenvalue weighted by Gasteiger charge is -2.30. The molecule has 2 aliphatic heterocycles. The van der Waals surface area contributed by atoms with Crippen molar-refractivity contribution in [3.63, 3.8) is 0 Å². The molecule has 4 rings (SSSR count). The molecule has 0 unspecified atom stereocenters. The number of rotatable bonds is 3. The van der Waals surface area contributed by atoms with E-state index in [4.69, 9.17) is 21.1 Å². The molecule has 0 spiro atoms. The van der Waals surface area contributed by atoms with E-state index in [1.807, 2.05) is 23.1 Å². The zero-order valence-corrected chi connectivity index (χ0v) is 15.2. The molecule has 27 heavy (non-hydrogen) atoms. The quantitative estimate of drug-likeness (QED) is 0.790. The van der Waals surface area contributed by atoms with Gasteiger partial charge in [-0.05, 0) is 36.6 Å². The second-order valence-corrected chi connectivity index (χ2v) is 6.76. The summed E-state index contributed by atoms with van der Waals surface area (Å²) in [5, 5.41) is 0.284. The lowest BCUT2D eigenvalue weighted by molar-refractivity contribution is -0.120. The molecular formula is C19H18ClN3O4. The summed E-state index contributed by atoms with van der Waals surface area (Å²) in [5.74, 6) is 0.0411. The van der Waals surface area contributed by atoms with Crippen molar-refractivity contribution >= 4 is 29.1 Å². The number of hydrogen-bond donors (Lipinski definition) is 2. The molecule has 8 heteroatoms. The van der Waals surface area contributed by atoms with Crippen molar-refractivity contribution in [2.75, 3.05) is 24.8 Å². The molecule has 0 aliphatic carbocycles. The second-order valence-electron chi connectivity index (χ2n) is 6.35. The summed E-state index contributed by atoms with van der Waals surface area (Å²) in [5.41, 5.74) is 7.43. The number of benzene rings is 2. The Morgan fingerprint density at radius 1 is 1.15 bits per heavy atom. The molecule has 0 bridgehead atoms. The van der Waals surface area contributed by atoms with Crippen LogP contribution in [-0.2, 0) is 11.2 Å². The zero-order valence-electron chi connectivity index (χ0n) is 14.5. The van der Waals surface area contributed by atoms with Crippen molar-refractivity contribution in [1.82, 2.24) is 10.9 Å². The number of anilines is 1. The molecule has 7 nitrogen and oxygen atoms in total. The van der Waals surface area contributed by atoms with Gasteiger partial charge < -0.3 is 14.4 Å². The maximum absolute atomic E-state index is 12.3. The van der Waals surface area contributed by atoms with Gasteiger partial charge in [0.1, 0.15) is 0 Å². The fourth-order valence-electron chi connectivity index (χ4n) is 3.29. The number of nitrogens with zero attached hydrogens (tertiary/aromatic N) is 1. The largest absolute Gasteiger partial charge is 0.454 e. The molecule has 0 radical (unpaired) electrons. The predicted molar refractivity (Wildman–Crippen MR) is 100 cm³/mol. The van der Waals surface area contributed by atoms with E-state index in [1.165, 1.54) is 17.7 Å². The molecule has 2 aromatic carbocycles. The van der Waals surface area contributed by atoms with Crippen molar-refractivity contribution in [3.05, 3.63) is 52.5 Å². The van der Waals surface area contributed by atoms with Gasteiger partial charge in [0.05, 0.1) is 11.6 Å². The zero-order chi connectivity index (χ0) is 18.8. The van der Waals surface area contributed by atoms with Crippen molar-refractivity contribution in [3.8, 4) is 11.5 Å². The summed E-state index contributed by atoms with van der Waals surface area (Å²) in [6.45, 7) is 1.03. The van der Waals surface area contributed by atoms with Gasteiger partial charge >= 0.3 is 0 Å². The minimum atomic E-state index is -0.484. The highest BCUT2D eigenvalue weighted by molar-refractivity contribution is 6.32. The van der Waals surface area contributed by atoms with E-state index in [0.717, 1.165) is 25.1 Å². The average Bonchev–Trinajstić information content (AvgIpc) is 3.16. The average molecular weight is 388 g/mol. The molecule has 0 saturated heterocycles. The van der Waals surface area contributed by atoms with Crippen LogP contribution >= 0.6 is 11.6 Å². The van der Waals surface area contributed by atoms with Crippen LogP contribution in [-0.4, -0.2) is 31.7 Å². The summed E-state index contributed by atoms with van der Waals surface area (Å²) in [4.78, 5) is 26.6. The van der Waals surface area contributed by atoms with Crippen LogP contribution in [0.4, 0.5) is 5.69 Å². The summed E-state index contributed by atoms with van der Waals surface area (Å²) in [6.07, 6.45) is 2.00. The fourth-order valence-corrected chi connectivity index (χ4v) is 3.55. The van der Waals surface area contributed by atoms with Crippen LogP contribution in [0.1, 0.15) is 22.3 Å². The number of ether oxygens (including phenoxy) is 2. The number of fused-ring (bicyclic) bond motifs is 2. The number of nitrogens with one attached hydrogen (secondary N) is 2. The van der Waals surface area contributed by atoms with Gasteiger partial charge in [-0.1, -0.05) is 29.8 Å². The Kier molecular flexibility index (Phi) is 4.77. The molecule has 0 fully saturated rings. The van der Waals surface area contributed by atoms with Crippen LogP contribution in [0.2, 0.25) is 5.02 Å². The summed E-state index contributed by atoms with van der Waals surface area (Å²) in [7, 11) is 0. The maximum atomic E-state index is 12.3. The van der Waals surface area contributed by atoms with Gasteiger partial charge in [0.15, 0.2) is 11.5 Å². The predicted octanol–water partition coefficient (Wildman–Crippen LogP) is 2.28. The Morgan fingerprint density at radius 2 is 2.00 bits per heavy atom. The van der Waals surface area contributed by atoms with Crippen molar-refractivity contribution in [2.45, 2.75) is 12.8 Å². The molecule has 2 N–H and O–H groups in total. The normalized spacial score (nSPS) is 14.5. The smallest absolute Gasteiger partial charge is 0.269 e. The molecule has 2 amide bonds. The Labute approximate surface area is 161 Å². The fraction of sp³-hybridized carbons (Fsp3) is 0.263. The highest BCUT2D eigenvalue weighted by Crippen LogP contribution is 2.39. The summed E-state index contributed by atoms with van der Waals surface area (Å²) < 4.78 is 10.5. The highest BCUT2D eigenvalue weighted by atomic mass is 35.5. The number of hydrazine groups is 1. The summed E-state index contributed by atoms with van der Waals surface area (Å²) in [6, 6.07) is 11.0. The van der Waals surface area contributed by atoms with Crippen molar-refractivity contribution in [1.29, 1.82) is 0 Å². The minimum absolute atomic E-state index is 0.0637. The van der Waals surface area contributed by atoms with Gasteiger partial charge in [-0.2, -0.15) is 0 Å². The van der Waals surface area contributed by atoms with E-state index in [1.54, 1.807) is 0 Å². The van der Waals surface area contributed by atoms with E-state index < -0.39 is 5.91 Å². The molecule has 2 aliphatic rings. The molecule has 0 saturated carbocycles. The standard InChI is InChI=1S/C19H18ClN3O4/c20-14-8-13(9-16-18(14)27-11-26-16)19(25)22-21-17(24)10-23-7-3-5-12-4-1-2-6-15(12)23/h1-2,4,6,8-9H,3,5,7,10-11H2,(H,21,24)(H,22,25). The van der Waals surface area contributed by atoms with E-state index in [0.29, 0.717) is 11.5 Å². The molecule has 2 aromatic rings. The van der Waals surface area contributed by atoms with Gasteiger partial charge in [-0.15, -0.1) is 0 Å². The number of carbonyl (C=O) groups excluding carboxylic acids is 2. The highest BCUT2D eigenvalue weighted by Gasteiger charge is 2.22. The first-order valence-electron chi connectivity index (χ1n) is 8.63. The van der Waals surface area contributed by atoms with Gasteiger partial charge in [0.2, 0.25) is 6.79 Å². The molecule has 0 atom stereocenters. The van der Waals surface area contributed by atoms with Crippen LogP contribution < -0.4 is 25.2 Å². The van der Waals surface area contributed by atoms with Crippen LogP contribution in [0.25, 0.3) is 0 Å². The van der Waals surface area contributed by atoms with E-state index >= 15 is 0 Å². The third-order valence-corrected chi connectivity index (χ3v) is 4.83. The maximum Gasteiger partial charge on any atom is 0.269 e. The van der Waals surface area contributed by atoms with Gasteiger partial charge in [-0.25, -0.2) is 0 Å². The van der Waals surface area contributed by atoms with E-state index in [2.05, 4.69) is 16.9 Å². The molecule has 0 aromatic heterocycles. The first-order chi connectivity index (χ1) is 13.1. The number of halogens is 1. The van der Waals surface area contributed by atoms with E-state index in [-0.39, 0.29) is 29.8 Å². The van der Waals surface area contributed by atoms with Crippen molar-refractivity contribution in [2.24, 2.45) is 0 Å². The Balaban J connectivity index is 1.36. The topological polar surface area (TPSA) is 79.9 Å². The third-order valence-electron chi connectivity index (χ3n) is 4.55. The van der Waals surface area contributed by atoms with Crippen LogP contribution in [0, 0.1) is 0 Å². The lowest BCUT2D eigenvalue weighted by Crippen LogP contribution is -2.47.